The highest BCUT2D eigenvalue weighted by Crippen LogP contribution is 2.23. The molecule has 0 spiro atoms. The van der Waals surface area contributed by atoms with Crippen molar-refractivity contribution in [3.05, 3.63) is 70.8 Å². The Kier molecular flexibility index (Phi) is 6.93. The molecular weight excluding hydrogens is 394 g/mol. The molecule has 3 aromatic rings. The smallest absolute Gasteiger partial charge is 0.243 e. The Bertz CT molecular complexity index is 931. The van der Waals surface area contributed by atoms with E-state index in [9.17, 15) is 8.42 Å². The molecule has 5 nitrogen and oxygen atoms in total. The number of thiophene rings is 1. The predicted octanol–water partition coefficient (Wildman–Crippen LogP) is 4.81. The van der Waals surface area contributed by atoms with E-state index in [1.54, 1.807) is 54.0 Å². The summed E-state index contributed by atoms with van der Waals surface area (Å²) in [6.45, 7) is 5.32. The number of nitrogens with zero attached hydrogens (tertiary/aromatic N) is 1. The van der Waals surface area contributed by atoms with Crippen LogP contribution < -0.4 is 4.74 Å². The first-order valence-corrected chi connectivity index (χ1v) is 11.5. The van der Waals surface area contributed by atoms with Crippen LogP contribution in [0, 0.1) is 5.92 Å². The Balaban J connectivity index is 1.78. The second-order valence-electron chi connectivity index (χ2n) is 6.92. The van der Waals surface area contributed by atoms with E-state index in [0.717, 1.165) is 4.88 Å². The third-order valence-electron chi connectivity index (χ3n) is 4.14. The maximum atomic E-state index is 13.2. The van der Waals surface area contributed by atoms with Gasteiger partial charge in [-0.15, -0.1) is 11.3 Å². The summed E-state index contributed by atoms with van der Waals surface area (Å²) in [7, 11) is -3.66. The van der Waals surface area contributed by atoms with Crippen LogP contribution in [-0.4, -0.2) is 25.9 Å². The van der Waals surface area contributed by atoms with E-state index in [1.807, 2.05) is 17.5 Å². The Morgan fingerprint density at radius 3 is 2.50 bits per heavy atom. The highest BCUT2D eigenvalue weighted by molar-refractivity contribution is 7.89. The van der Waals surface area contributed by atoms with Gasteiger partial charge in [-0.1, -0.05) is 19.9 Å². The van der Waals surface area contributed by atoms with Crippen molar-refractivity contribution in [1.29, 1.82) is 0 Å². The molecule has 2 aromatic heterocycles. The highest BCUT2D eigenvalue weighted by Gasteiger charge is 2.25. The third-order valence-corrected chi connectivity index (χ3v) is 6.94. The topological polar surface area (TPSA) is 59.8 Å². The summed E-state index contributed by atoms with van der Waals surface area (Å²) < 4.78 is 39.0. The minimum Gasteiger partial charge on any atom is -0.493 e. The fourth-order valence-electron chi connectivity index (χ4n) is 2.67. The standard InChI is InChI=1S/C21H25NO4S2/c1-17(2)16-26-18-7-9-21(10-8-18)28(23,24)22(15-19-5-3-13-25-19)12-11-20-6-4-14-27-20/h3-10,13-14,17H,11-12,15-16H2,1-2H3. The molecule has 0 fully saturated rings. The van der Waals surface area contributed by atoms with Gasteiger partial charge in [-0.25, -0.2) is 8.42 Å². The summed E-state index contributed by atoms with van der Waals surface area (Å²) >= 11 is 1.63. The van der Waals surface area contributed by atoms with Crippen molar-refractivity contribution in [2.75, 3.05) is 13.2 Å². The van der Waals surface area contributed by atoms with Crippen LogP contribution in [0.5, 0.6) is 5.75 Å². The number of rotatable bonds is 10. The number of hydrogen-bond donors (Lipinski definition) is 0. The van der Waals surface area contributed by atoms with Gasteiger partial charge in [0.05, 0.1) is 24.3 Å². The zero-order valence-corrected chi connectivity index (χ0v) is 17.7. The summed E-state index contributed by atoms with van der Waals surface area (Å²) in [4.78, 5) is 1.40. The summed E-state index contributed by atoms with van der Waals surface area (Å²) in [5.41, 5.74) is 0. The van der Waals surface area contributed by atoms with Gasteiger partial charge in [0.1, 0.15) is 11.5 Å². The van der Waals surface area contributed by atoms with E-state index in [1.165, 1.54) is 4.31 Å². The van der Waals surface area contributed by atoms with E-state index in [2.05, 4.69) is 13.8 Å². The van der Waals surface area contributed by atoms with Gasteiger partial charge in [0.2, 0.25) is 10.0 Å². The zero-order valence-electron chi connectivity index (χ0n) is 16.1. The summed E-state index contributed by atoms with van der Waals surface area (Å²) in [5, 5.41) is 2.00. The molecule has 0 atom stereocenters. The largest absolute Gasteiger partial charge is 0.493 e. The minimum atomic E-state index is -3.66. The number of hydrogen-bond acceptors (Lipinski definition) is 5. The van der Waals surface area contributed by atoms with E-state index < -0.39 is 10.0 Å². The number of furan rings is 1. The second-order valence-corrected chi connectivity index (χ2v) is 9.89. The van der Waals surface area contributed by atoms with Crippen LogP contribution in [0.3, 0.4) is 0 Å². The summed E-state index contributed by atoms with van der Waals surface area (Å²) in [5.74, 6) is 1.69. The fourth-order valence-corrected chi connectivity index (χ4v) is 4.78. The van der Waals surface area contributed by atoms with Crippen molar-refractivity contribution >= 4 is 21.4 Å². The lowest BCUT2D eigenvalue weighted by molar-refractivity contribution is 0.271. The van der Waals surface area contributed by atoms with Crippen molar-refractivity contribution in [2.24, 2.45) is 5.92 Å². The molecule has 0 saturated heterocycles. The molecule has 0 bridgehead atoms. The molecule has 0 saturated carbocycles. The van der Waals surface area contributed by atoms with E-state index in [0.29, 0.717) is 37.0 Å². The summed E-state index contributed by atoms with van der Waals surface area (Å²) in [6, 6.07) is 14.2. The molecule has 0 aliphatic heterocycles. The van der Waals surface area contributed by atoms with Crippen LogP contribution in [0.25, 0.3) is 0 Å². The Morgan fingerprint density at radius 2 is 1.89 bits per heavy atom. The van der Waals surface area contributed by atoms with Gasteiger partial charge in [-0.05, 0) is 60.2 Å². The molecule has 0 N–H and O–H groups in total. The van der Waals surface area contributed by atoms with E-state index in [-0.39, 0.29) is 11.4 Å². The Morgan fingerprint density at radius 1 is 1.11 bits per heavy atom. The zero-order chi connectivity index (χ0) is 20.0. The molecule has 0 unspecified atom stereocenters. The van der Waals surface area contributed by atoms with Gasteiger partial charge in [0.25, 0.3) is 0 Å². The van der Waals surface area contributed by atoms with Crippen LogP contribution in [0.4, 0.5) is 0 Å². The van der Waals surface area contributed by atoms with Crippen molar-refractivity contribution in [3.63, 3.8) is 0 Å². The lowest BCUT2D eigenvalue weighted by Gasteiger charge is -2.21. The Labute approximate surface area is 170 Å². The van der Waals surface area contributed by atoms with Crippen molar-refractivity contribution in [2.45, 2.75) is 31.7 Å². The monoisotopic (exact) mass is 419 g/mol. The van der Waals surface area contributed by atoms with Crippen LogP contribution in [0.15, 0.2) is 69.5 Å². The molecule has 0 radical (unpaired) electrons. The lowest BCUT2D eigenvalue weighted by Crippen LogP contribution is -2.32. The van der Waals surface area contributed by atoms with Crippen molar-refractivity contribution in [1.82, 2.24) is 4.31 Å². The van der Waals surface area contributed by atoms with Crippen molar-refractivity contribution in [3.8, 4) is 5.75 Å². The molecule has 0 amide bonds. The number of sulfonamides is 1. The maximum Gasteiger partial charge on any atom is 0.243 e. The summed E-state index contributed by atoms with van der Waals surface area (Å²) in [6.07, 6.45) is 2.22. The lowest BCUT2D eigenvalue weighted by atomic mass is 10.2. The molecule has 7 heteroatoms. The molecule has 1 aromatic carbocycles. The molecule has 150 valence electrons. The van der Waals surface area contributed by atoms with Gasteiger partial charge in [0, 0.05) is 11.4 Å². The van der Waals surface area contributed by atoms with Gasteiger partial charge < -0.3 is 9.15 Å². The number of ether oxygens (including phenoxy) is 1. The fraction of sp³-hybridized carbons (Fsp3) is 0.333. The van der Waals surface area contributed by atoms with Crippen LogP contribution in [0.1, 0.15) is 24.5 Å². The first-order valence-electron chi connectivity index (χ1n) is 9.23. The molecule has 0 aliphatic rings. The van der Waals surface area contributed by atoms with Gasteiger partial charge in [-0.2, -0.15) is 4.31 Å². The second kappa shape index (κ2) is 9.41. The van der Waals surface area contributed by atoms with Crippen LogP contribution in [-0.2, 0) is 23.0 Å². The first-order chi connectivity index (χ1) is 13.4. The van der Waals surface area contributed by atoms with Crippen molar-refractivity contribution < 1.29 is 17.6 Å². The average Bonchev–Trinajstić information content (AvgIpc) is 3.37. The van der Waals surface area contributed by atoms with Gasteiger partial charge in [0.15, 0.2) is 0 Å². The molecule has 28 heavy (non-hydrogen) atoms. The molecule has 2 heterocycles. The molecular formula is C21H25NO4S2. The van der Waals surface area contributed by atoms with Gasteiger partial charge >= 0.3 is 0 Å². The predicted molar refractivity (Wildman–Crippen MR) is 111 cm³/mol. The number of benzene rings is 1. The SMILES string of the molecule is CC(C)COc1ccc(S(=O)(=O)N(CCc2cccs2)Cc2ccco2)cc1. The Hall–Kier alpha value is -2.09. The minimum absolute atomic E-state index is 0.201. The molecule has 3 rings (SSSR count). The van der Waals surface area contributed by atoms with E-state index >= 15 is 0 Å². The highest BCUT2D eigenvalue weighted by atomic mass is 32.2. The maximum absolute atomic E-state index is 13.2. The quantitative estimate of drug-likeness (QED) is 0.473. The normalized spacial score (nSPS) is 12.0. The average molecular weight is 420 g/mol. The molecule has 0 aliphatic carbocycles. The van der Waals surface area contributed by atoms with Gasteiger partial charge in [-0.3, -0.25) is 0 Å². The van der Waals surface area contributed by atoms with E-state index in [4.69, 9.17) is 9.15 Å². The van der Waals surface area contributed by atoms with Crippen LogP contribution in [0.2, 0.25) is 0 Å². The third kappa shape index (κ3) is 5.47. The first kappa shape index (κ1) is 20.6. The van der Waals surface area contributed by atoms with Crippen LogP contribution >= 0.6 is 11.3 Å².